The summed E-state index contributed by atoms with van der Waals surface area (Å²) in [5.74, 6) is 0.403. The largest absolute Gasteiger partial charge is 0.450 e. The van der Waals surface area contributed by atoms with Gasteiger partial charge in [0.05, 0.1) is 10.5 Å². The molecular weight excluding hydrogens is 348 g/mol. The zero-order valence-corrected chi connectivity index (χ0v) is 12.2. The summed E-state index contributed by atoms with van der Waals surface area (Å²) in [4.78, 5) is 10.4. The predicted molar refractivity (Wildman–Crippen MR) is 77.0 cm³/mol. The molecule has 0 unspecified atom stereocenters. The number of rotatable bonds is 3. The molecule has 0 aromatic heterocycles. The first-order valence-corrected chi connectivity index (χ1v) is 6.50. The van der Waals surface area contributed by atoms with Crippen LogP contribution in [0.15, 0.2) is 40.9 Å². The Morgan fingerprint density at radius 2 is 2.05 bits per heavy atom. The Bertz CT molecular complexity index is 728. The van der Waals surface area contributed by atoms with E-state index in [1.165, 1.54) is 18.2 Å². The average Bonchev–Trinajstić information content (AvgIpc) is 2.38. The highest BCUT2D eigenvalue weighted by molar-refractivity contribution is 9.10. The van der Waals surface area contributed by atoms with Crippen LogP contribution in [0.2, 0.25) is 5.02 Å². The smallest absolute Gasteiger partial charge is 0.311 e. The molecule has 0 aliphatic carbocycles. The van der Waals surface area contributed by atoms with Crippen LogP contribution < -0.4 is 4.74 Å². The van der Waals surface area contributed by atoms with Gasteiger partial charge in [-0.1, -0.05) is 11.6 Å². The third-order valence-corrected chi connectivity index (χ3v) is 3.30. The lowest BCUT2D eigenvalue weighted by Gasteiger charge is -2.07. The lowest BCUT2D eigenvalue weighted by molar-refractivity contribution is -0.385. The standard InChI is InChI=1S/C13H6BrClN2O3/c14-11-6-10(3-1-8(11)7-16)20-13-5-9(15)2-4-12(13)17(18)19/h1-6H. The van der Waals surface area contributed by atoms with Crippen LogP contribution in [0.4, 0.5) is 5.69 Å². The Kier molecular flexibility index (Phi) is 4.23. The summed E-state index contributed by atoms with van der Waals surface area (Å²) < 4.78 is 6.01. The summed E-state index contributed by atoms with van der Waals surface area (Å²) in [5.41, 5.74) is 0.257. The lowest BCUT2D eigenvalue weighted by Crippen LogP contribution is -1.93. The first-order valence-electron chi connectivity index (χ1n) is 5.32. The molecule has 20 heavy (non-hydrogen) atoms. The van der Waals surface area contributed by atoms with Crippen molar-refractivity contribution in [3.05, 3.63) is 61.6 Å². The van der Waals surface area contributed by atoms with Crippen LogP contribution in [0, 0.1) is 21.4 Å². The maximum absolute atomic E-state index is 10.9. The summed E-state index contributed by atoms with van der Waals surface area (Å²) in [5, 5.41) is 20.1. The predicted octanol–water partition coefficient (Wildman–Crippen LogP) is 4.67. The zero-order chi connectivity index (χ0) is 14.7. The molecule has 0 amide bonds. The second-order valence-electron chi connectivity index (χ2n) is 3.72. The SMILES string of the molecule is N#Cc1ccc(Oc2cc(Cl)ccc2[N+](=O)[O-])cc1Br. The van der Waals surface area contributed by atoms with Gasteiger partial charge in [-0.2, -0.15) is 5.26 Å². The van der Waals surface area contributed by atoms with Crippen LogP contribution in [0.1, 0.15) is 5.56 Å². The van der Waals surface area contributed by atoms with E-state index < -0.39 is 4.92 Å². The fourth-order valence-corrected chi connectivity index (χ4v) is 2.11. The quantitative estimate of drug-likeness (QED) is 0.593. The Balaban J connectivity index is 2.39. The van der Waals surface area contributed by atoms with Crippen molar-refractivity contribution in [3.63, 3.8) is 0 Å². The molecular formula is C13H6BrClN2O3. The number of nitriles is 1. The molecule has 0 heterocycles. The van der Waals surface area contributed by atoms with Gasteiger partial charge >= 0.3 is 5.69 Å². The summed E-state index contributed by atoms with van der Waals surface area (Å²) in [6, 6.07) is 10.7. The highest BCUT2D eigenvalue weighted by atomic mass is 79.9. The molecule has 0 aliphatic rings. The molecule has 2 aromatic carbocycles. The van der Waals surface area contributed by atoms with E-state index >= 15 is 0 Å². The number of benzene rings is 2. The van der Waals surface area contributed by atoms with Crippen molar-refractivity contribution in [2.45, 2.75) is 0 Å². The summed E-state index contributed by atoms with van der Waals surface area (Å²) in [6.07, 6.45) is 0. The van der Waals surface area contributed by atoms with Crippen molar-refractivity contribution in [2.24, 2.45) is 0 Å². The van der Waals surface area contributed by atoms with Gasteiger partial charge < -0.3 is 4.74 Å². The second-order valence-corrected chi connectivity index (χ2v) is 5.02. The van der Waals surface area contributed by atoms with Crippen LogP contribution in [-0.4, -0.2) is 4.92 Å². The van der Waals surface area contributed by atoms with Gasteiger partial charge in [-0.3, -0.25) is 10.1 Å². The topological polar surface area (TPSA) is 76.2 Å². The van der Waals surface area contributed by atoms with E-state index in [1.54, 1.807) is 18.2 Å². The fraction of sp³-hybridized carbons (Fsp3) is 0. The summed E-state index contributed by atoms with van der Waals surface area (Å²) in [7, 11) is 0. The van der Waals surface area contributed by atoms with Crippen molar-refractivity contribution < 1.29 is 9.66 Å². The van der Waals surface area contributed by atoms with Crippen LogP contribution in [-0.2, 0) is 0 Å². The summed E-state index contributed by atoms with van der Waals surface area (Å²) in [6.45, 7) is 0. The minimum Gasteiger partial charge on any atom is -0.450 e. The molecule has 0 bridgehead atoms. The van der Waals surface area contributed by atoms with E-state index in [4.69, 9.17) is 21.6 Å². The highest BCUT2D eigenvalue weighted by Crippen LogP contribution is 2.34. The molecule has 0 saturated heterocycles. The van der Waals surface area contributed by atoms with Gasteiger partial charge in [0, 0.05) is 21.6 Å². The van der Waals surface area contributed by atoms with Gasteiger partial charge in [-0.05, 0) is 40.2 Å². The van der Waals surface area contributed by atoms with Gasteiger partial charge in [0.15, 0.2) is 0 Å². The molecule has 0 atom stereocenters. The van der Waals surface area contributed by atoms with Gasteiger partial charge in [0.2, 0.25) is 5.75 Å². The number of nitrogens with zero attached hydrogens (tertiary/aromatic N) is 2. The molecule has 0 saturated carbocycles. The van der Waals surface area contributed by atoms with E-state index in [-0.39, 0.29) is 11.4 Å². The third kappa shape index (κ3) is 3.07. The van der Waals surface area contributed by atoms with Crippen molar-refractivity contribution >= 4 is 33.2 Å². The molecule has 100 valence electrons. The van der Waals surface area contributed by atoms with Crippen molar-refractivity contribution in [2.75, 3.05) is 0 Å². The number of ether oxygens (including phenoxy) is 1. The van der Waals surface area contributed by atoms with Crippen molar-refractivity contribution in [3.8, 4) is 17.6 Å². The van der Waals surface area contributed by atoms with Crippen LogP contribution in [0.25, 0.3) is 0 Å². The molecule has 0 spiro atoms. The van der Waals surface area contributed by atoms with Crippen LogP contribution in [0.5, 0.6) is 11.5 Å². The molecule has 2 rings (SSSR count). The summed E-state index contributed by atoms with van der Waals surface area (Å²) >= 11 is 9.03. The van der Waals surface area contributed by atoms with Gasteiger partial charge in [-0.25, -0.2) is 0 Å². The Morgan fingerprint density at radius 1 is 1.30 bits per heavy atom. The average molecular weight is 354 g/mol. The number of nitro groups is 1. The van der Waals surface area contributed by atoms with Gasteiger partial charge in [0.1, 0.15) is 11.8 Å². The van der Waals surface area contributed by atoms with E-state index in [0.29, 0.717) is 20.8 Å². The normalized spacial score (nSPS) is 9.85. The Hall–Kier alpha value is -2.10. The van der Waals surface area contributed by atoms with E-state index in [1.807, 2.05) is 6.07 Å². The van der Waals surface area contributed by atoms with Crippen LogP contribution in [0.3, 0.4) is 0 Å². The van der Waals surface area contributed by atoms with Crippen LogP contribution >= 0.6 is 27.5 Å². The maximum atomic E-state index is 10.9. The lowest BCUT2D eigenvalue weighted by atomic mass is 10.2. The van der Waals surface area contributed by atoms with E-state index in [9.17, 15) is 10.1 Å². The first kappa shape index (κ1) is 14.3. The first-order chi connectivity index (χ1) is 9.51. The monoisotopic (exact) mass is 352 g/mol. The molecule has 0 aliphatic heterocycles. The second kappa shape index (κ2) is 5.90. The fourth-order valence-electron chi connectivity index (χ4n) is 1.50. The third-order valence-electron chi connectivity index (χ3n) is 2.41. The molecule has 0 N–H and O–H groups in total. The van der Waals surface area contributed by atoms with Gasteiger partial charge in [0.25, 0.3) is 0 Å². The van der Waals surface area contributed by atoms with Crippen molar-refractivity contribution in [1.82, 2.24) is 0 Å². The Labute approximate surface area is 127 Å². The molecule has 2 aromatic rings. The van der Waals surface area contributed by atoms with Gasteiger partial charge in [-0.15, -0.1) is 0 Å². The molecule has 7 heteroatoms. The molecule has 5 nitrogen and oxygen atoms in total. The number of hydrogen-bond donors (Lipinski definition) is 0. The molecule has 0 radical (unpaired) electrons. The van der Waals surface area contributed by atoms with Crippen molar-refractivity contribution in [1.29, 1.82) is 5.26 Å². The minimum atomic E-state index is -0.551. The number of halogens is 2. The minimum absolute atomic E-state index is 0.0408. The highest BCUT2D eigenvalue weighted by Gasteiger charge is 2.16. The maximum Gasteiger partial charge on any atom is 0.311 e. The Morgan fingerprint density at radius 3 is 2.65 bits per heavy atom. The number of nitro benzene ring substituents is 1. The number of hydrogen-bond acceptors (Lipinski definition) is 4. The zero-order valence-electron chi connectivity index (χ0n) is 9.84. The van der Waals surface area contributed by atoms with E-state index in [2.05, 4.69) is 15.9 Å². The van der Waals surface area contributed by atoms with E-state index in [0.717, 1.165) is 0 Å². The molecule has 0 fully saturated rings.